The molecule has 0 fully saturated rings. The van der Waals surface area contributed by atoms with Gasteiger partial charge in [0, 0.05) is 19.6 Å². The van der Waals surface area contributed by atoms with Crippen LogP contribution in [0.5, 0.6) is 0 Å². The summed E-state index contributed by atoms with van der Waals surface area (Å²) in [5, 5.41) is 2.99. The topological polar surface area (TPSA) is 27.6 Å². The predicted octanol–water partition coefficient (Wildman–Crippen LogP) is 3.69. The lowest BCUT2D eigenvalue weighted by atomic mass is 10.2. The second-order valence-electron chi connectivity index (χ2n) is 4.81. The number of terminal acetylenes is 1. The molecule has 0 atom stereocenters. The molecule has 0 radical (unpaired) electrons. The Hall–Kier alpha value is -2.05. The number of hydrogen-bond acceptors (Lipinski definition) is 2. The fourth-order valence-electron chi connectivity index (χ4n) is 1.93. The van der Waals surface area contributed by atoms with Crippen LogP contribution in [0.15, 0.2) is 48.1 Å². The molecule has 0 heterocycles. The molecule has 1 N–H and O–H groups in total. The van der Waals surface area contributed by atoms with Gasteiger partial charge in [-0.15, -0.1) is 12.3 Å². The lowest BCUT2D eigenvalue weighted by Crippen LogP contribution is -2.24. The Labute approximate surface area is 136 Å². The minimum absolute atomic E-state index is 0.859. The average molecular weight is 299 g/mol. The third kappa shape index (κ3) is 10.7. The lowest BCUT2D eigenvalue weighted by Gasteiger charge is -2.20. The van der Waals surface area contributed by atoms with Crippen LogP contribution in [0.3, 0.4) is 0 Å². The van der Waals surface area contributed by atoms with Crippen LogP contribution in [-0.2, 0) is 6.54 Å². The van der Waals surface area contributed by atoms with Crippen LogP contribution in [0.25, 0.3) is 0 Å². The molecule has 1 rings (SSSR count). The van der Waals surface area contributed by atoms with E-state index in [1.54, 1.807) is 13.1 Å². The zero-order valence-corrected chi connectivity index (χ0v) is 14.2. The second-order valence-corrected chi connectivity index (χ2v) is 4.81. The zero-order chi connectivity index (χ0) is 16.6. The monoisotopic (exact) mass is 299 g/mol. The van der Waals surface area contributed by atoms with Gasteiger partial charge < -0.3 is 5.32 Å². The highest BCUT2D eigenvalue weighted by atomic mass is 15.1. The quantitative estimate of drug-likeness (QED) is 0.343. The van der Waals surface area contributed by atoms with Gasteiger partial charge in [-0.3, -0.25) is 9.89 Å². The summed E-state index contributed by atoms with van der Waals surface area (Å²) < 4.78 is 0. The third-order valence-electron chi connectivity index (χ3n) is 2.99. The van der Waals surface area contributed by atoms with E-state index >= 15 is 0 Å². The Balaban J connectivity index is 0.00000135. The van der Waals surface area contributed by atoms with Crippen LogP contribution in [-0.4, -0.2) is 30.4 Å². The van der Waals surface area contributed by atoms with Gasteiger partial charge >= 0.3 is 0 Å². The molecule has 0 saturated heterocycles. The van der Waals surface area contributed by atoms with Crippen LogP contribution in [0.1, 0.15) is 32.8 Å². The van der Waals surface area contributed by atoms with Gasteiger partial charge in [0.25, 0.3) is 0 Å². The van der Waals surface area contributed by atoms with Gasteiger partial charge in [0.2, 0.25) is 0 Å². The summed E-state index contributed by atoms with van der Waals surface area (Å²) in [6.07, 6.45) is 7.34. The molecule has 0 aliphatic carbocycles. The van der Waals surface area contributed by atoms with Gasteiger partial charge in [-0.2, -0.15) is 0 Å². The van der Waals surface area contributed by atoms with E-state index in [4.69, 9.17) is 0 Å². The maximum Gasteiger partial charge on any atom is 0.0970 e. The van der Waals surface area contributed by atoms with Crippen molar-refractivity contribution in [2.45, 2.75) is 33.7 Å². The fourth-order valence-corrected chi connectivity index (χ4v) is 1.93. The van der Waals surface area contributed by atoms with E-state index in [0.717, 1.165) is 38.4 Å². The van der Waals surface area contributed by atoms with Gasteiger partial charge in [0.1, 0.15) is 0 Å². The molecule has 1 aromatic carbocycles. The second kappa shape index (κ2) is 13.9. The number of nitrogens with one attached hydrogen (secondary N) is 1. The van der Waals surface area contributed by atoms with E-state index in [9.17, 15) is 0 Å². The van der Waals surface area contributed by atoms with Crippen LogP contribution in [0.2, 0.25) is 0 Å². The molecule has 3 nitrogen and oxygen atoms in total. The minimum Gasteiger partial charge on any atom is -0.351 e. The SMILES string of the molecule is C#CC.C=CNC(C)=NCCCN(CC)Cc1ccccc1. The summed E-state index contributed by atoms with van der Waals surface area (Å²) in [4.78, 5) is 6.88. The molecular formula is C19H29N3. The minimum atomic E-state index is 0.859. The first-order chi connectivity index (χ1) is 10.7. The van der Waals surface area contributed by atoms with Crippen molar-refractivity contribution < 1.29 is 0 Å². The highest BCUT2D eigenvalue weighted by molar-refractivity contribution is 5.80. The summed E-state index contributed by atoms with van der Waals surface area (Å²) in [6, 6.07) is 10.6. The smallest absolute Gasteiger partial charge is 0.0970 e. The van der Waals surface area contributed by atoms with E-state index in [1.807, 2.05) is 6.92 Å². The van der Waals surface area contributed by atoms with Crippen molar-refractivity contribution in [3.8, 4) is 12.3 Å². The number of nitrogens with zero attached hydrogens (tertiary/aromatic N) is 2. The molecule has 22 heavy (non-hydrogen) atoms. The molecule has 0 bridgehead atoms. The molecule has 0 aliphatic rings. The maximum absolute atomic E-state index is 4.60. The van der Waals surface area contributed by atoms with Crippen LogP contribution in [0.4, 0.5) is 0 Å². The normalized spacial score (nSPS) is 10.4. The van der Waals surface area contributed by atoms with Crippen LogP contribution >= 0.6 is 0 Å². The Bertz CT molecular complexity index is 457. The maximum atomic E-state index is 4.60. The lowest BCUT2D eigenvalue weighted by molar-refractivity contribution is 0.278. The summed E-state index contributed by atoms with van der Waals surface area (Å²) in [5.41, 5.74) is 1.37. The predicted molar refractivity (Wildman–Crippen MR) is 97.8 cm³/mol. The Morgan fingerprint density at radius 3 is 2.59 bits per heavy atom. The first kappa shape index (κ1) is 19.9. The number of rotatable bonds is 8. The van der Waals surface area contributed by atoms with E-state index in [1.165, 1.54) is 5.56 Å². The van der Waals surface area contributed by atoms with E-state index < -0.39 is 0 Å². The third-order valence-corrected chi connectivity index (χ3v) is 2.99. The van der Waals surface area contributed by atoms with Gasteiger partial charge in [-0.1, -0.05) is 43.8 Å². The summed E-state index contributed by atoms with van der Waals surface area (Å²) in [6.45, 7) is 13.5. The molecule has 120 valence electrons. The van der Waals surface area contributed by atoms with Crippen molar-refractivity contribution in [1.82, 2.24) is 10.2 Å². The Kier molecular flexibility index (Phi) is 12.6. The van der Waals surface area contributed by atoms with Gasteiger partial charge in [-0.05, 0) is 38.6 Å². The van der Waals surface area contributed by atoms with E-state index in [2.05, 4.69) is 71.4 Å². The van der Waals surface area contributed by atoms with Gasteiger partial charge in [0.15, 0.2) is 0 Å². The van der Waals surface area contributed by atoms with Crippen molar-refractivity contribution in [3.05, 3.63) is 48.7 Å². The van der Waals surface area contributed by atoms with E-state index in [-0.39, 0.29) is 0 Å². The molecule has 0 aliphatic heterocycles. The van der Waals surface area contributed by atoms with E-state index in [0.29, 0.717) is 0 Å². The standard InChI is InChI=1S/C16H25N3.C3H4/c1-4-17-15(3)18-12-9-13-19(5-2)14-16-10-7-6-8-11-16;1-3-2/h4,6-8,10-11H,1,5,9,12-14H2,2-3H3,(H,17,18);1H,2H3. The van der Waals surface area contributed by atoms with Crippen molar-refractivity contribution >= 4 is 5.84 Å². The molecule has 0 saturated carbocycles. The molecule has 0 spiro atoms. The van der Waals surface area contributed by atoms with Crippen LogP contribution in [0, 0.1) is 12.3 Å². The zero-order valence-electron chi connectivity index (χ0n) is 14.2. The fraction of sp³-hybridized carbons (Fsp3) is 0.421. The Morgan fingerprint density at radius 2 is 2.05 bits per heavy atom. The van der Waals surface area contributed by atoms with Crippen molar-refractivity contribution in [2.75, 3.05) is 19.6 Å². The number of hydrogen-bond donors (Lipinski definition) is 1. The Morgan fingerprint density at radius 1 is 1.41 bits per heavy atom. The molecule has 1 aromatic rings. The van der Waals surface area contributed by atoms with Gasteiger partial charge in [0.05, 0.1) is 5.84 Å². The molecule has 0 unspecified atom stereocenters. The van der Waals surface area contributed by atoms with Crippen molar-refractivity contribution in [1.29, 1.82) is 0 Å². The largest absolute Gasteiger partial charge is 0.351 e. The molecular weight excluding hydrogens is 270 g/mol. The first-order valence-corrected chi connectivity index (χ1v) is 7.70. The van der Waals surface area contributed by atoms with Gasteiger partial charge in [-0.25, -0.2) is 0 Å². The number of amidine groups is 1. The summed E-state index contributed by atoms with van der Waals surface area (Å²) in [7, 11) is 0. The van der Waals surface area contributed by atoms with Crippen LogP contribution < -0.4 is 5.32 Å². The summed E-state index contributed by atoms with van der Waals surface area (Å²) >= 11 is 0. The first-order valence-electron chi connectivity index (χ1n) is 7.70. The molecule has 3 heteroatoms. The average Bonchev–Trinajstić information content (AvgIpc) is 2.52. The number of aliphatic imine (C=N–C) groups is 1. The summed E-state index contributed by atoms with van der Waals surface area (Å²) in [5.74, 6) is 3.18. The molecule has 0 aromatic heterocycles. The highest BCUT2D eigenvalue weighted by Crippen LogP contribution is 2.04. The highest BCUT2D eigenvalue weighted by Gasteiger charge is 2.02. The van der Waals surface area contributed by atoms with Crippen molar-refractivity contribution in [2.24, 2.45) is 4.99 Å². The van der Waals surface area contributed by atoms with Crippen molar-refractivity contribution in [3.63, 3.8) is 0 Å². The molecule has 0 amide bonds. The number of benzene rings is 1.